The zero-order valence-corrected chi connectivity index (χ0v) is 12.0. The van der Waals surface area contributed by atoms with Gasteiger partial charge in [0.1, 0.15) is 5.82 Å². The van der Waals surface area contributed by atoms with Crippen molar-refractivity contribution in [3.05, 3.63) is 24.0 Å². The first-order valence-electron chi connectivity index (χ1n) is 6.34. The van der Waals surface area contributed by atoms with Crippen molar-refractivity contribution < 1.29 is 8.42 Å². The molecule has 1 aromatic carbocycles. The van der Waals surface area contributed by atoms with E-state index in [2.05, 4.69) is 16.9 Å². The van der Waals surface area contributed by atoms with E-state index in [1.807, 2.05) is 0 Å². The zero-order chi connectivity index (χ0) is 14.0. The SMILES string of the molecule is CCCC(N)Cc1nc2ccc(S(C)(=O)=O)cc2[nH]1. The molecule has 1 heterocycles. The summed E-state index contributed by atoms with van der Waals surface area (Å²) in [7, 11) is -3.19. The van der Waals surface area contributed by atoms with Crippen molar-refractivity contribution in [1.82, 2.24) is 9.97 Å². The molecule has 0 amide bonds. The van der Waals surface area contributed by atoms with Gasteiger partial charge in [0, 0.05) is 18.7 Å². The average molecular weight is 281 g/mol. The van der Waals surface area contributed by atoms with E-state index < -0.39 is 9.84 Å². The molecule has 0 aliphatic carbocycles. The quantitative estimate of drug-likeness (QED) is 0.872. The van der Waals surface area contributed by atoms with Crippen LogP contribution in [0.15, 0.2) is 23.1 Å². The van der Waals surface area contributed by atoms with Crippen LogP contribution in [0.5, 0.6) is 0 Å². The number of fused-ring (bicyclic) bond motifs is 1. The fourth-order valence-electron chi connectivity index (χ4n) is 2.09. The monoisotopic (exact) mass is 281 g/mol. The van der Waals surface area contributed by atoms with Gasteiger partial charge >= 0.3 is 0 Å². The third kappa shape index (κ3) is 3.33. The van der Waals surface area contributed by atoms with Crippen molar-refractivity contribution >= 4 is 20.9 Å². The molecule has 0 bridgehead atoms. The largest absolute Gasteiger partial charge is 0.342 e. The van der Waals surface area contributed by atoms with Gasteiger partial charge in [0.05, 0.1) is 15.9 Å². The maximum atomic E-state index is 11.5. The molecule has 0 radical (unpaired) electrons. The van der Waals surface area contributed by atoms with Gasteiger partial charge in [-0.25, -0.2) is 13.4 Å². The number of sulfone groups is 1. The van der Waals surface area contributed by atoms with Crippen LogP contribution >= 0.6 is 0 Å². The van der Waals surface area contributed by atoms with Gasteiger partial charge in [-0.05, 0) is 24.6 Å². The van der Waals surface area contributed by atoms with Gasteiger partial charge < -0.3 is 10.7 Å². The van der Waals surface area contributed by atoms with Crippen molar-refractivity contribution in [2.45, 2.75) is 37.1 Å². The van der Waals surface area contributed by atoms with Crippen molar-refractivity contribution in [3.8, 4) is 0 Å². The van der Waals surface area contributed by atoms with E-state index in [0.29, 0.717) is 11.3 Å². The smallest absolute Gasteiger partial charge is 0.175 e. The second-order valence-corrected chi connectivity index (χ2v) is 6.90. The first-order chi connectivity index (χ1) is 8.90. The summed E-state index contributed by atoms with van der Waals surface area (Å²) in [6, 6.07) is 5.00. The summed E-state index contributed by atoms with van der Waals surface area (Å²) in [5.41, 5.74) is 7.49. The molecule has 0 saturated carbocycles. The minimum atomic E-state index is -3.19. The zero-order valence-electron chi connectivity index (χ0n) is 11.2. The van der Waals surface area contributed by atoms with E-state index in [-0.39, 0.29) is 6.04 Å². The Morgan fingerprint density at radius 1 is 1.42 bits per heavy atom. The number of H-pyrrole nitrogens is 1. The number of nitrogens with two attached hydrogens (primary N) is 1. The number of imidazole rings is 1. The van der Waals surface area contributed by atoms with Crippen molar-refractivity contribution in [3.63, 3.8) is 0 Å². The molecule has 0 saturated heterocycles. The van der Waals surface area contributed by atoms with E-state index in [0.717, 1.165) is 29.7 Å². The number of hydrogen-bond donors (Lipinski definition) is 2. The average Bonchev–Trinajstić information content (AvgIpc) is 2.68. The van der Waals surface area contributed by atoms with Crippen LogP contribution in [0.4, 0.5) is 0 Å². The van der Waals surface area contributed by atoms with Crippen LogP contribution in [-0.4, -0.2) is 30.7 Å². The standard InChI is InChI=1S/C13H19N3O2S/c1-3-4-9(14)7-13-15-11-6-5-10(19(2,17)18)8-12(11)16-13/h5-6,8-9H,3-4,7,14H2,1-2H3,(H,15,16). The lowest BCUT2D eigenvalue weighted by Crippen LogP contribution is -2.22. The molecule has 2 aromatic rings. The van der Waals surface area contributed by atoms with Gasteiger partial charge in [-0.15, -0.1) is 0 Å². The summed E-state index contributed by atoms with van der Waals surface area (Å²) < 4.78 is 23.0. The second kappa shape index (κ2) is 5.30. The van der Waals surface area contributed by atoms with Gasteiger partial charge in [0.25, 0.3) is 0 Å². The summed E-state index contributed by atoms with van der Waals surface area (Å²) in [4.78, 5) is 7.87. The highest BCUT2D eigenvalue weighted by molar-refractivity contribution is 7.90. The van der Waals surface area contributed by atoms with Gasteiger partial charge in [-0.1, -0.05) is 13.3 Å². The molecule has 1 aromatic heterocycles. The number of rotatable bonds is 5. The predicted octanol–water partition coefficient (Wildman–Crippen LogP) is 1.64. The Bertz CT molecular complexity index is 676. The third-order valence-electron chi connectivity index (χ3n) is 3.05. The molecule has 5 nitrogen and oxygen atoms in total. The van der Waals surface area contributed by atoms with E-state index in [1.165, 1.54) is 6.26 Å². The molecule has 0 aliphatic heterocycles. The Kier molecular flexibility index (Phi) is 3.91. The lowest BCUT2D eigenvalue weighted by Gasteiger charge is -2.06. The first kappa shape index (κ1) is 14.0. The van der Waals surface area contributed by atoms with Crippen LogP contribution in [0.25, 0.3) is 11.0 Å². The van der Waals surface area contributed by atoms with Gasteiger partial charge in [0.2, 0.25) is 0 Å². The highest BCUT2D eigenvalue weighted by atomic mass is 32.2. The number of benzene rings is 1. The molecule has 19 heavy (non-hydrogen) atoms. The lowest BCUT2D eigenvalue weighted by atomic mass is 10.1. The fourth-order valence-corrected chi connectivity index (χ4v) is 2.74. The number of aromatic nitrogens is 2. The van der Waals surface area contributed by atoms with Crippen LogP contribution < -0.4 is 5.73 Å². The second-order valence-electron chi connectivity index (χ2n) is 4.89. The molecular weight excluding hydrogens is 262 g/mol. The maximum absolute atomic E-state index is 11.5. The molecule has 3 N–H and O–H groups in total. The Balaban J connectivity index is 2.31. The van der Waals surface area contributed by atoms with Crippen LogP contribution in [-0.2, 0) is 16.3 Å². The van der Waals surface area contributed by atoms with Gasteiger partial charge in [-0.2, -0.15) is 0 Å². The maximum Gasteiger partial charge on any atom is 0.175 e. The summed E-state index contributed by atoms with van der Waals surface area (Å²) in [5.74, 6) is 0.807. The minimum absolute atomic E-state index is 0.0833. The Labute approximate surface area is 113 Å². The topological polar surface area (TPSA) is 88.8 Å². The van der Waals surface area contributed by atoms with Crippen LogP contribution in [0.1, 0.15) is 25.6 Å². The first-order valence-corrected chi connectivity index (χ1v) is 8.23. The van der Waals surface area contributed by atoms with Crippen LogP contribution in [0.2, 0.25) is 0 Å². The molecule has 104 valence electrons. The van der Waals surface area contributed by atoms with Gasteiger partial charge in [0.15, 0.2) is 9.84 Å². The Hall–Kier alpha value is -1.40. The Morgan fingerprint density at radius 2 is 2.16 bits per heavy atom. The number of aromatic amines is 1. The molecular formula is C13H19N3O2S. The van der Waals surface area contributed by atoms with Crippen molar-refractivity contribution in [1.29, 1.82) is 0 Å². The fraction of sp³-hybridized carbons (Fsp3) is 0.462. The highest BCUT2D eigenvalue weighted by Gasteiger charge is 2.11. The number of hydrogen-bond acceptors (Lipinski definition) is 4. The van der Waals surface area contributed by atoms with E-state index in [9.17, 15) is 8.42 Å². The molecule has 1 unspecified atom stereocenters. The normalized spacial score (nSPS) is 13.8. The molecule has 2 rings (SSSR count). The van der Waals surface area contributed by atoms with E-state index in [4.69, 9.17) is 5.73 Å². The minimum Gasteiger partial charge on any atom is -0.342 e. The van der Waals surface area contributed by atoms with E-state index >= 15 is 0 Å². The van der Waals surface area contributed by atoms with Crippen molar-refractivity contribution in [2.24, 2.45) is 5.73 Å². The summed E-state index contributed by atoms with van der Waals surface area (Å²) in [6.07, 6.45) is 3.87. The summed E-state index contributed by atoms with van der Waals surface area (Å²) in [5, 5.41) is 0. The molecule has 0 aliphatic rings. The predicted molar refractivity (Wildman–Crippen MR) is 75.8 cm³/mol. The molecule has 0 fully saturated rings. The van der Waals surface area contributed by atoms with E-state index in [1.54, 1.807) is 18.2 Å². The van der Waals surface area contributed by atoms with Crippen LogP contribution in [0.3, 0.4) is 0 Å². The number of nitrogens with one attached hydrogen (secondary N) is 1. The van der Waals surface area contributed by atoms with Gasteiger partial charge in [-0.3, -0.25) is 0 Å². The van der Waals surface area contributed by atoms with Crippen molar-refractivity contribution in [2.75, 3.05) is 6.26 Å². The third-order valence-corrected chi connectivity index (χ3v) is 4.16. The lowest BCUT2D eigenvalue weighted by molar-refractivity contribution is 0.588. The molecule has 6 heteroatoms. The highest BCUT2D eigenvalue weighted by Crippen LogP contribution is 2.18. The summed E-state index contributed by atoms with van der Waals surface area (Å²) >= 11 is 0. The Morgan fingerprint density at radius 3 is 2.79 bits per heavy atom. The summed E-state index contributed by atoms with van der Waals surface area (Å²) in [6.45, 7) is 2.09. The number of nitrogens with zero attached hydrogens (tertiary/aromatic N) is 1. The van der Waals surface area contributed by atoms with Crippen LogP contribution in [0, 0.1) is 0 Å². The molecule has 0 spiro atoms. The molecule has 1 atom stereocenters.